The van der Waals surface area contributed by atoms with E-state index in [0.717, 1.165) is 13.0 Å². The van der Waals surface area contributed by atoms with Gasteiger partial charge in [-0.3, -0.25) is 0 Å². The molecule has 1 heterocycles. The van der Waals surface area contributed by atoms with Crippen LogP contribution < -0.4 is 5.32 Å². The van der Waals surface area contributed by atoms with Crippen LogP contribution in [0.3, 0.4) is 0 Å². The molecule has 1 fully saturated rings. The highest BCUT2D eigenvalue weighted by atomic mass is 35.5. The molecule has 0 radical (unpaired) electrons. The highest BCUT2D eigenvalue weighted by Crippen LogP contribution is 2.29. The Bertz CT molecular complexity index is 663. The normalized spacial score (nSPS) is 19.3. The largest absolute Gasteiger partial charge is 0.465 e. The van der Waals surface area contributed by atoms with E-state index >= 15 is 0 Å². The molecular formula is C14H19ClN2O4S. The fourth-order valence-electron chi connectivity index (χ4n) is 2.56. The Morgan fingerprint density at radius 1 is 1.50 bits per heavy atom. The number of benzene rings is 1. The van der Waals surface area contributed by atoms with Gasteiger partial charge in [-0.2, -0.15) is 4.31 Å². The molecule has 1 aromatic rings. The maximum atomic E-state index is 12.7. The third-order valence-corrected chi connectivity index (χ3v) is 6.06. The van der Waals surface area contributed by atoms with Crippen LogP contribution in [0.2, 0.25) is 5.02 Å². The highest BCUT2D eigenvalue weighted by molar-refractivity contribution is 7.89. The van der Waals surface area contributed by atoms with Gasteiger partial charge in [0, 0.05) is 13.1 Å². The molecule has 0 saturated carbocycles. The molecule has 8 heteroatoms. The quantitative estimate of drug-likeness (QED) is 0.815. The van der Waals surface area contributed by atoms with Gasteiger partial charge in [0.25, 0.3) is 0 Å². The van der Waals surface area contributed by atoms with Crippen LogP contribution in [0, 0.1) is 5.92 Å². The van der Waals surface area contributed by atoms with Gasteiger partial charge in [0.05, 0.1) is 17.7 Å². The van der Waals surface area contributed by atoms with Crippen molar-refractivity contribution in [2.45, 2.75) is 11.3 Å². The number of esters is 1. The number of ether oxygens (including phenoxy) is 1. The first-order chi connectivity index (χ1) is 10.4. The lowest BCUT2D eigenvalue weighted by molar-refractivity contribution is 0.0600. The Morgan fingerprint density at radius 3 is 2.82 bits per heavy atom. The van der Waals surface area contributed by atoms with Gasteiger partial charge >= 0.3 is 5.97 Å². The smallest absolute Gasteiger partial charge is 0.337 e. The summed E-state index contributed by atoms with van der Waals surface area (Å²) in [4.78, 5) is 11.5. The van der Waals surface area contributed by atoms with E-state index in [9.17, 15) is 13.2 Å². The minimum absolute atomic E-state index is 0.0203. The van der Waals surface area contributed by atoms with Crippen molar-refractivity contribution in [2.75, 3.05) is 33.8 Å². The second-order valence-electron chi connectivity index (χ2n) is 5.21. The lowest BCUT2D eigenvalue weighted by Gasteiger charge is -2.17. The summed E-state index contributed by atoms with van der Waals surface area (Å²) in [6.45, 7) is 1.73. The molecule has 1 aromatic carbocycles. The number of hydrogen-bond donors (Lipinski definition) is 1. The van der Waals surface area contributed by atoms with Gasteiger partial charge in [-0.25, -0.2) is 13.2 Å². The van der Waals surface area contributed by atoms with Crippen molar-refractivity contribution in [1.29, 1.82) is 0 Å². The Hall–Kier alpha value is -1.15. The van der Waals surface area contributed by atoms with Crippen molar-refractivity contribution < 1.29 is 17.9 Å². The number of carbonyl (C=O) groups is 1. The monoisotopic (exact) mass is 346 g/mol. The van der Waals surface area contributed by atoms with Crippen LogP contribution in [0.4, 0.5) is 0 Å². The number of hydrogen-bond acceptors (Lipinski definition) is 5. The second-order valence-corrected chi connectivity index (χ2v) is 7.53. The summed E-state index contributed by atoms with van der Waals surface area (Å²) in [7, 11) is -0.545. The summed E-state index contributed by atoms with van der Waals surface area (Å²) in [5.74, 6) is -0.256. The maximum Gasteiger partial charge on any atom is 0.337 e. The van der Waals surface area contributed by atoms with Crippen molar-refractivity contribution >= 4 is 27.6 Å². The van der Waals surface area contributed by atoms with Crippen LogP contribution in [0.15, 0.2) is 23.1 Å². The Kier molecular flexibility index (Phi) is 5.44. The minimum Gasteiger partial charge on any atom is -0.465 e. The van der Waals surface area contributed by atoms with Crippen LogP contribution in [0.25, 0.3) is 0 Å². The number of halogens is 1. The lowest BCUT2D eigenvalue weighted by Crippen LogP contribution is -2.30. The standard InChI is InChI=1S/C14H19ClN2O4S/c1-16-8-10-5-6-17(9-10)22(19,20)13-4-3-11(7-12(13)15)14(18)21-2/h3-4,7,10,16H,5-6,8-9H2,1-2H3. The summed E-state index contributed by atoms with van der Waals surface area (Å²) in [5, 5.41) is 3.09. The average Bonchev–Trinajstić information content (AvgIpc) is 2.96. The summed E-state index contributed by atoms with van der Waals surface area (Å²) in [6, 6.07) is 4.09. The van der Waals surface area contributed by atoms with Gasteiger partial charge in [-0.15, -0.1) is 0 Å². The van der Waals surface area contributed by atoms with E-state index in [2.05, 4.69) is 10.1 Å². The Balaban J connectivity index is 2.25. The number of sulfonamides is 1. The molecule has 0 amide bonds. The van der Waals surface area contributed by atoms with Gasteiger partial charge in [-0.1, -0.05) is 11.6 Å². The minimum atomic E-state index is -3.65. The molecule has 1 saturated heterocycles. The number of methoxy groups -OCH3 is 1. The predicted molar refractivity (Wildman–Crippen MR) is 83.6 cm³/mol. The van der Waals surface area contributed by atoms with Crippen LogP contribution in [-0.2, 0) is 14.8 Å². The fourth-order valence-corrected chi connectivity index (χ4v) is 4.61. The zero-order valence-corrected chi connectivity index (χ0v) is 14.1. The summed E-state index contributed by atoms with van der Waals surface area (Å²) in [5.41, 5.74) is 0.223. The van der Waals surface area contributed by atoms with E-state index in [0.29, 0.717) is 19.0 Å². The zero-order valence-electron chi connectivity index (χ0n) is 12.5. The van der Waals surface area contributed by atoms with Crippen molar-refractivity contribution in [3.05, 3.63) is 28.8 Å². The Labute approximate surface area is 135 Å². The van der Waals surface area contributed by atoms with E-state index in [4.69, 9.17) is 11.6 Å². The van der Waals surface area contributed by atoms with E-state index in [1.165, 1.54) is 29.6 Å². The van der Waals surface area contributed by atoms with Gasteiger partial charge < -0.3 is 10.1 Å². The van der Waals surface area contributed by atoms with Gasteiger partial charge in [0.2, 0.25) is 10.0 Å². The predicted octanol–water partition coefficient (Wildman–Crippen LogP) is 1.36. The zero-order chi connectivity index (χ0) is 16.3. The molecule has 0 aliphatic carbocycles. The van der Waals surface area contributed by atoms with Crippen LogP contribution in [-0.4, -0.2) is 52.5 Å². The molecule has 0 spiro atoms. The molecule has 0 aromatic heterocycles. The summed E-state index contributed by atoms with van der Waals surface area (Å²) in [6.07, 6.45) is 0.817. The van der Waals surface area contributed by atoms with Crippen molar-refractivity contribution in [1.82, 2.24) is 9.62 Å². The first kappa shape index (κ1) is 17.2. The lowest BCUT2D eigenvalue weighted by atomic mass is 10.1. The molecule has 1 aliphatic heterocycles. The third-order valence-electron chi connectivity index (χ3n) is 3.71. The topological polar surface area (TPSA) is 75.7 Å². The van der Waals surface area contributed by atoms with Crippen molar-refractivity contribution in [3.63, 3.8) is 0 Å². The fraction of sp³-hybridized carbons (Fsp3) is 0.500. The Morgan fingerprint density at radius 2 is 2.23 bits per heavy atom. The second kappa shape index (κ2) is 6.95. The van der Waals surface area contributed by atoms with Crippen molar-refractivity contribution in [2.24, 2.45) is 5.92 Å². The molecule has 1 N–H and O–H groups in total. The average molecular weight is 347 g/mol. The van der Waals surface area contributed by atoms with Crippen LogP contribution in [0.1, 0.15) is 16.8 Å². The van der Waals surface area contributed by atoms with E-state index in [-0.39, 0.29) is 15.5 Å². The molecule has 2 rings (SSSR count). The number of carbonyl (C=O) groups excluding carboxylic acids is 1. The van der Waals surface area contributed by atoms with E-state index in [1.54, 1.807) is 0 Å². The van der Waals surface area contributed by atoms with E-state index in [1.807, 2.05) is 7.05 Å². The molecule has 1 unspecified atom stereocenters. The molecular weight excluding hydrogens is 328 g/mol. The molecule has 0 bridgehead atoms. The number of nitrogens with zero attached hydrogens (tertiary/aromatic N) is 1. The SMILES string of the molecule is CNCC1CCN(S(=O)(=O)c2ccc(C(=O)OC)cc2Cl)C1. The van der Waals surface area contributed by atoms with Crippen molar-refractivity contribution in [3.8, 4) is 0 Å². The molecule has 122 valence electrons. The number of nitrogens with one attached hydrogen (secondary N) is 1. The van der Waals surface area contributed by atoms with Gasteiger partial charge in [0.15, 0.2) is 0 Å². The summed E-state index contributed by atoms with van der Waals surface area (Å²) < 4.78 is 31.4. The maximum absolute atomic E-state index is 12.7. The van der Waals surface area contributed by atoms with Gasteiger partial charge in [0.1, 0.15) is 4.90 Å². The summed E-state index contributed by atoms with van der Waals surface area (Å²) >= 11 is 6.06. The highest BCUT2D eigenvalue weighted by Gasteiger charge is 2.33. The third kappa shape index (κ3) is 3.43. The first-order valence-corrected chi connectivity index (χ1v) is 8.74. The van der Waals surface area contributed by atoms with Crippen LogP contribution in [0.5, 0.6) is 0 Å². The van der Waals surface area contributed by atoms with E-state index < -0.39 is 16.0 Å². The molecule has 1 aliphatic rings. The molecule has 22 heavy (non-hydrogen) atoms. The number of rotatable bonds is 5. The molecule has 6 nitrogen and oxygen atoms in total. The molecule has 1 atom stereocenters. The first-order valence-electron chi connectivity index (χ1n) is 6.92. The van der Waals surface area contributed by atoms with Gasteiger partial charge in [-0.05, 0) is 44.1 Å². The van der Waals surface area contributed by atoms with Crippen LogP contribution >= 0.6 is 11.6 Å².